The number of aromatic nitrogens is 1. The van der Waals surface area contributed by atoms with E-state index in [2.05, 4.69) is 4.98 Å². The van der Waals surface area contributed by atoms with Crippen LogP contribution in [0.15, 0.2) is 0 Å². The molecule has 1 aliphatic rings. The van der Waals surface area contributed by atoms with E-state index in [0.717, 1.165) is 0 Å². The van der Waals surface area contributed by atoms with Crippen molar-refractivity contribution in [1.29, 1.82) is 0 Å². The van der Waals surface area contributed by atoms with Gasteiger partial charge in [0.2, 0.25) is 0 Å². The van der Waals surface area contributed by atoms with Crippen molar-refractivity contribution in [2.24, 2.45) is 5.92 Å². The first-order chi connectivity index (χ1) is 14.1. The summed E-state index contributed by atoms with van der Waals surface area (Å²) in [5.41, 5.74) is 1.34. The SMILES string of the molecule is CCOC(=O)C1CCN(C(=O)COC(=O)c2[nH]c(C)c(C(=O)OC(C)C)c2C)CC1. The maximum absolute atomic E-state index is 12.4. The third kappa shape index (κ3) is 5.61. The van der Waals surface area contributed by atoms with Crippen LogP contribution >= 0.6 is 0 Å². The van der Waals surface area contributed by atoms with Gasteiger partial charge in [0.25, 0.3) is 5.91 Å². The Balaban J connectivity index is 1.91. The van der Waals surface area contributed by atoms with Crippen molar-refractivity contribution >= 4 is 23.8 Å². The average molecular weight is 422 g/mol. The molecule has 0 radical (unpaired) electrons. The van der Waals surface area contributed by atoms with Crippen LogP contribution in [-0.4, -0.2) is 66.1 Å². The summed E-state index contributed by atoms with van der Waals surface area (Å²) in [6, 6.07) is 0. The van der Waals surface area contributed by atoms with E-state index < -0.39 is 18.5 Å². The van der Waals surface area contributed by atoms with Crippen LogP contribution in [0.1, 0.15) is 65.7 Å². The monoisotopic (exact) mass is 422 g/mol. The van der Waals surface area contributed by atoms with Crippen molar-refractivity contribution < 1.29 is 33.4 Å². The van der Waals surface area contributed by atoms with Crippen molar-refractivity contribution in [3.8, 4) is 0 Å². The molecular weight excluding hydrogens is 392 g/mol. The molecule has 0 atom stereocenters. The Morgan fingerprint density at radius 2 is 1.70 bits per heavy atom. The average Bonchev–Trinajstić information content (AvgIpc) is 2.99. The number of hydrogen-bond donors (Lipinski definition) is 1. The molecule has 1 amide bonds. The van der Waals surface area contributed by atoms with Crippen molar-refractivity contribution in [3.05, 3.63) is 22.5 Å². The van der Waals surface area contributed by atoms with Gasteiger partial charge in [0, 0.05) is 18.8 Å². The summed E-state index contributed by atoms with van der Waals surface area (Å²) >= 11 is 0. The lowest BCUT2D eigenvalue weighted by molar-refractivity contribution is -0.151. The van der Waals surface area contributed by atoms with Gasteiger partial charge in [-0.1, -0.05) is 0 Å². The van der Waals surface area contributed by atoms with Gasteiger partial charge in [-0.25, -0.2) is 9.59 Å². The summed E-state index contributed by atoms with van der Waals surface area (Å²) < 4.78 is 15.4. The molecule has 0 aromatic carbocycles. The quantitative estimate of drug-likeness (QED) is 0.529. The molecule has 166 valence electrons. The van der Waals surface area contributed by atoms with Crippen molar-refractivity contribution in [3.63, 3.8) is 0 Å². The first kappa shape index (κ1) is 23.4. The standard InChI is InChI=1S/C21H30N2O7/c1-6-28-19(25)15-7-9-23(10-8-15)16(24)11-29-21(27)18-13(4)17(14(5)22-18)20(26)30-12(2)3/h12,15,22H,6-11H2,1-5H3. The molecule has 1 aromatic heterocycles. The number of nitrogens with one attached hydrogen (secondary N) is 1. The molecule has 0 saturated carbocycles. The van der Waals surface area contributed by atoms with E-state index in [1.54, 1.807) is 39.5 Å². The van der Waals surface area contributed by atoms with Gasteiger partial charge in [-0.3, -0.25) is 9.59 Å². The minimum atomic E-state index is -0.714. The third-order valence-electron chi connectivity index (χ3n) is 4.98. The van der Waals surface area contributed by atoms with Crippen molar-refractivity contribution in [2.75, 3.05) is 26.3 Å². The zero-order valence-electron chi connectivity index (χ0n) is 18.2. The maximum atomic E-state index is 12.4. The molecule has 1 fully saturated rings. The Kier molecular flexibility index (Phi) is 8.02. The number of carbonyl (C=O) groups excluding carboxylic acids is 4. The summed E-state index contributed by atoms with van der Waals surface area (Å²) in [5.74, 6) is -2.00. The molecule has 1 aromatic rings. The Hall–Kier alpha value is -2.84. The maximum Gasteiger partial charge on any atom is 0.355 e. The van der Waals surface area contributed by atoms with Crippen LogP contribution < -0.4 is 0 Å². The number of piperidine rings is 1. The Bertz CT molecular complexity index is 805. The number of amides is 1. The molecule has 30 heavy (non-hydrogen) atoms. The van der Waals surface area contributed by atoms with Gasteiger partial charge in [0.05, 0.1) is 24.2 Å². The Labute approximate surface area is 176 Å². The molecule has 0 bridgehead atoms. The highest BCUT2D eigenvalue weighted by atomic mass is 16.5. The Morgan fingerprint density at radius 1 is 1.07 bits per heavy atom. The second-order valence-electron chi connectivity index (χ2n) is 7.56. The summed E-state index contributed by atoms with van der Waals surface area (Å²) in [5, 5.41) is 0. The highest BCUT2D eigenvalue weighted by Crippen LogP contribution is 2.21. The largest absolute Gasteiger partial charge is 0.466 e. The van der Waals surface area contributed by atoms with E-state index in [0.29, 0.717) is 49.4 Å². The van der Waals surface area contributed by atoms with Crippen LogP contribution in [0.3, 0.4) is 0 Å². The normalized spacial score (nSPS) is 14.5. The number of esters is 3. The summed E-state index contributed by atoms with van der Waals surface area (Å²) in [4.78, 5) is 53.2. The molecule has 1 aliphatic heterocycles. The number of carbonyl (C=O) groups is 4. The predicted octanol–water partition coefficient (Wildman–Crippen LogP) is 2.16. The fraction of sp³-hybridized carbons (Fsp3) is 0.619. The van der Waals surface area contributed by atoms with Crippen LogP contribution in [0.5, 0.6) is 0 Å². The molecule has 2 heterocycles. The number of rotatable bonds is 7. The minimum absolute atomic E-state index is 0.122. The van der Waals surface area contributed by atoms with E-state index in [1.807, 2.05) is 0 Å². The number of H-pyrrole nitrogens is 1. The van der Waals surface area contributed by atoms with Crippen molar-refractivity contribution in [2.45, 2.75) is 53.6 Å². The van der Waals surface area contributed by atoms with E-state index in [4.69, 9.17) is 14.2 Å². The zero-order valence-corrected chi connectivity index (χ0v) is 18.2. The van der Waals surface area contributed by atoms with E-state index >= 15 is 0 Å². The number of ether oxygens (including phenoxy) is 3. The minimum Gasteiger partial charge on any atom is -0.466 e. The van der Waals surface area contributed by atoms with Gasteiger partial charge in [-0.05, 0) is 53.0 Å². The zero-order chi connectivity index (χ0) is 22.4. The van der Waals surface area contributed by atoms with Gasteiger partial charge < -0.3 is 24.1 Å². The number of aryl methyl sites for hydroxylation is 1. The lowest BCUT2D eigenvalue weighted by atomic mass is 9.97. The van der Waals surface area contributed by atoms with Crippen LogP contribution in [0.25, 0.3) is 0 Å². The predicted molar refractivity (Wildman–Crippen MR) is 107 cm³/mol. The number of hydrogen-bond acceptors (Lipinski definition) is 7. The topological polar surface area (TPSA) is 115 Å². The Morgan fingerprint density at radius 3 is 2.27 bits per heavy atom. The number of nitrogens with zero attached hydrogens (tertiary/aromatic N) is 1. The summed E-state index contributed by atoms with van der Waals surface area (Å²) in [6.07, 6.45) is 0.760. The second kappa shape index (κ2) is 10.3. The van der Waals surface area contributed by atoms with E-state index in [1.165, 1.54) is 0 Å². The highest BCUT2D eigenvalue weighted by Gasteiger charge is 2.29. The second-order valence-corrected chi connectivity index (χ2v) is 7.56. The molecule has 0 spiro atoms. The first-order valence-corrected chi connectivity index (χ1v) is 10.2. The first-order valence-electron chi connectivity index (χ1n) is 10.2. The molecule has 2 rings (SSSR count). The van der Waals surface area contributed by atoms with Crippen LogP contribution in [-0.2, 0) is 23.8 Å². The molecule has 9 nitrogen and oxygen atoms in total. The fourth-order valence-electron chi connectivity index (χ4n) is 3.45. The molecular formula is C21H30N2O7. The van der Waals surface area contributed by atoms with Gasteiger partial charge in [-0.15, -0.1) is 0 Å². The van der Waals surface area contributed by atoms with Crippen molar-refractivity contribution in [1.82, 2.24) is 9.88 Å². The van der Waals surface area contributed by atoms with Gasteiger partial charge in [0.1, 0.15) is 5.69 Å². The van der Waals surface area contributed by atoms with Crippen LogP contribution in [0.2, 0.25) is 0 Å². The number of aromatic amines is 1. The number of likely N-dealkylation sites (tertiary alicyclic amines) is 1. The van der Waals surface area contributed by atoms with Gasteiger partial charge in [-0.2, -0.15) is 0 Å². The molecule has 1 N–H and O–H groups in total. The molecule has 9 heteroatoms. The highest BCUT2D eigenvalue weighted by molar-refractivity contribution is 5.99. The van der Waals surface area contributed by atoms with Crippen LogP contribution in [0, 0.1) is 19.8 Å². The van der Waals surface area contributed by atoms with Gasteiger partial charge in [0.15, 0.2) is 6.61 Å². The lowest BCUT2D eigenvalue weighted by Gasteiger charge is -2.30. The molecule has 0 unspecified atom stereocenters. The fourth-order valence-corrected chi connectivity index (χ4v) is 3.45. The lowest BCUT2D eigenvalue weighted by Crippen LogP contribution is -2.42. The smallest absolute Gasteiger partial charge is 0.355 e. The summed E-state index contributed by atoms with van der Waals surface area (Å²) in [6.45, 7) is 9.27. The van der Waals surface area contributed by atoms with Gasteiger partial charge >= 0.3 is 17.9 Å². The third-order valence-corrected chi connectivity index (χ3v) is 4.98. The van der Waals surface area contributed by atoms with Crippen LogP contribution in [0.4, 0.5) is 0 Å². The summed E-state index contributed by atoms with van der Waals surface area (Å²) in [7, 11) is 0. The molecule has 1 saturated heterocycles. The van der Waals surface area contributed by atoms with E-state index in [9.17, 15) is 19.2 Å². The van der Waals surface area contributed by atoms with E-state index in [-0.39, 0.29) is 29.6 Å². The molecule has 0 aliphatic carbocycles.